The van der Waals surface area contributed by atoms with Gasteiger partial charge < -0.3 is 15.0 Å². The maximum absolute atomic E-state index is 13.4. The summed E-state index contributed by atoms with van der Waals surface area (Å²) >= 11 is 1.55. The quantitative estimate of drug-likeness (QED) is 0.574. The fraction of sp³-hybridized carbons (Fsp3) is 0.429. The summed E-state index contributed by atoms with van der Waals surface area (Å²) in [6, 6.07) is 8.43. The summed E-state index contributed by atoms with van der Waals surface area (Å²) in [4.78, 5) is 12.4. The number of piperazine rings is 1. The Hall–Kier alpha value is -2.43. The van der Waals surface area contributed by atoms with Crippen LogP contribution in [0.1, 0.15) is 18.1 Å². The van der Waals surface area contributed by atoms with Gasteiger partial charge in [-0.2, -0.15) is 13.2 Å². The average molecular weight is 452 g/mol. The lowest BCUT2D eigenvalue weighted by molar-refractivity contribution is -0.137. The van der Waals surface area contributed by atoms with Crippen LogP contribution in [0.15, 0.2) is 36.5 Å². The number of halogens is 3. The van der Waals surface area contributed by atoms with Gasteiger partial charge >= 0.3 is 6.18 Å². The highest BCUT2D eigenvalue weighted by Gasteiger charge is 2.38. The predicted octanol–water partition coefficient (Wildman–Crippen LogP) is 4.57. The summed E-state index contributed by atoms with van der Waals surface area (Å²) in [6.45, 7) is 5.34. The molecule has 0 saturated carbocycles. The summed E-state index contributed by atoms with van der Waals surface area (Å²) < 4.78 is 47.0. The Labute approximate surface area is 182 Å². The van der Waals surface area contributed by atoms with Gasteiger partial charge in [0.15, 0.2) is 11.5 Å². The number of aryl methyl sites for hydroxylation is 1. The number of benzene rings is 1. The Balaban J connectivity index is 1.48. The van der Waals surface area contributed by atoms with E-state index in [2.05, 4.69) is 26.3 Å². The zero-order chi connectivity index (χ0) is 22.2. The molecule has 1 unspecified atom stereocenters. The van der Waals surface area contributed by atoms with Crippen LogP contribution in [0.2, 0.25) is 0 Å². The van der Waals surface area contributed by atoms with Gasteiger partial charge in [-0.1, -0.05) is 17.4 Å². The Bertz CT molecular complexity index is 1060. The zero-order valence-electron chi connectivity index (χ0n) is 17.5. The molecule has 3 aromatic rings. The molecule has 6 nitrogen and oxygen atoms in total. The number of anilines is 2. The highest BCUT2D eigenvalue weighted by molar-refractivity contribution is 7.22. The molecule has 0 radical (unpaired) electrons. The van der Waals surface area contributed by atoms with Crippen LogP contribution in [0.3, 0.4) is 0 Å². The smallest absolute Gasteiger partial charge is 0.353 e. The number of nitrogens with zero attached hydrogens (tertiary/aromatic N) is 4. The van der Waals surface area contributed by atoms with E-state index in [1.54, 1.807) is 23.3 Å². The van der Waals surface area contributed by atoms with Crippen LogP contribution in [0, 0.1) is 6.92 Å². The number of aromatic nitrogens is 2. The summed E-state index contributed by atoms with van der Waals surface area (Å²) in [5, 5.41) is 4.07. The van der Waals surface area contributed by atoms with Crippen molar-refractivity contribution in [1.82, 2.24) is 14.9 Å². The first-order valence-corrected chi connectivity index (χ1v) is 10.8. The average Bonchev–Trinajstić information content (AvgIpc) is 3.13. The summed E-state index contributed by atoms with van der Waals surface area (Å²) in [7, 11) is 1.61. The lowest BCUT2D eigenvalue weighted by Gasteiger charge is -2.43. The number of ether oxygens (including phenoxy) is 1. The molecule has 0 amide bonds. The third kappa shape index (κ3) is 4.60. The van der Waals surface area contributed by atoms with Gasteiger partial charge in [0, 0.05) is 39.0 Å². The molecule has 1 aliphatic heterocycles. The van der Waals surface area contributed by atoms with Gasteiger partial charge in [0.2, 0.25) is 0 Å². The monoisotopic (exact) mass is 451 g/mol. The number of fused-ring (bicyclic) bond motifs is 1. The van der Waals surface area contributed by atoms with E-state index in [1.807, 2.05) is 26.0 Å². The fourth-order valence-corrected chi connectivity index (χ4v) is 4.83. The van der Waals surface area contributed by atoms with Crippen molar-refractivity contribution in [2.75, 3.05) is 37.0 Å². The maximum Gasteiger partial charge on any atom is 0.419 e. The highest BCUT2D eigenvalue weighted by atomic mass is 32.1. The van der Waals surface area contributed by atoms with Crippen molar-refractivity contribution >= 4 is 32.5 Å². The van der Waals surface area contributed by atoms with Crippen molar-refractivity contribution in [3.05, 3.63) is 47.7 Å². The van der Waals surface area contributed by atoms with E-state index in [0.717, 1.165) is 21.4 Å². The number of thiazole rings is 1. The van der Waals surface area contributed by atoms with Gasteiger partial charge in [0.25, 0.3) is 0 Å². The van der Waals surface area contributed by atoms with Gasteiger partial charge in [-0.25, -0.2) is 9.97 Å². The third-order valence-corrected chi connectivity index (χ3v) is 6.34. The van der Waals surface area contributed by atoms with E-state index >= 15 is 0 Å². The van der Waals surface area contributed by atoms with E-state index in [4.69, 9.17) is 4.74 Å². The van der Waals surface area contributed by atoms with Crippen LogP contribution in [0.25, 0.3) is 10.2 Å². The number of rotatable bonds is 5. The predicted molar refractivity (Wildman–Crippen MR) is 116 cm³/mol. The molecule has 2 aromatic heterocycles. The molecule has 0 bridgehead atoms. The van der Waals surface area contributed by atoms with Crippen molar-refractivity contribution in [2.45, 2.75) is 32.4 Å². The second-order valence-electron chi connectivity index (χ2n) is 7.63. The standard InChI is InChI=1S/C21H24F3N5OS/c1-13-6-7-16-17(11-13)31-19(26-16)27-20(30-3)29-10-9-28(12-14(29)2)18-15(21(22,23)24)5-4-8-25-18/h4-8,11,14,20H,9-10,12H2,1-3H3,(H,26,27)/t14-,20?/m1/s1. The van der Waals surface area contributed by atoms with Crippen molar-refractivity contribution in [1.29, 1.82) is 0 Å². The minimum absolute atomic E-state index is 0.0232. The Morgan fingerprint density at radius 1 is 1.26 bits per heavy atom. The molecule has 3 heterocycles. The molecule has 10 heteroatoms. The van der Waals surface area contributed by atoms with Crippen LogP contribution < -0.4 is 10.2 Å². The Kier molecular flexibility index (Phi) is 6.05. The summed E-state index contributed by atoms with van der Waals surface area (Å²) in [6.07, 6.45) is -3.48. The first-order valence-electron chi connectivity index (χ1n) is 9.95. The van der Waals surface area contributed by atoms with E-state index in [9.17, 15) is 13.2 Å². The molecule has 0 aliphatic carbocycles. The van der Waals surface area contributed by atoms with E-state index in [1.165, 1.54) is 17.8 Å². The molecule has 1 aromatic carbocycles. The van der Waals surface area contributed by atoms with Crippen molar-refractivity contribution < 1.29 is 17.9 Å². The molecule has 1 fully saturated rings. The molecule has 0 spiro atoms. The van der Waals surface area contributed by atoms with E-state index < -0.39 is 18.1 Å². The van der Waals surface area contributed by atoms with Crippen LogP contribution in [-0.4, -0.2) is 54.0 Å². The zero-order valence-corrected chi connectivity index (χ0v) is 18.3. The molecule has 2 atom stereocenters. The van der Waals surface area contributed by atoms with Gasteiger partial charge in [0.05, 0.1) is 15.8 Å². The van der Waals surface area contributed by atoms with Crippen LogP contribution in [0.5, 0.6) is 0 Å². The fourth-order valence-electron chi connectivity index (χ4n) is 3.86. The second-order valence-corrected chi connectivity index (χ2v) is 8.66. The number of alkyl halides is 3. The topological polar surface area (TPSA) is 53.5 Å². The number of methoxy groups -OCH3 is 1. The van der Waals surface area contributed by atoms with Crippen molar-refractivity contribution in [3.63, 3.8) is 0 Å². The molecule has 1 aliphatic rings. The lowest BCUT2D eigenvalue weighted by Crippen LogP contribution is -2.58. The maximum atomic E-state index is 13.4. The lowest BCUT2D eigenvalue weighted by atomic mass is 10.1. The van der Waals surface area contributed by atoms with Gasteiger partial charge in [-0.3, -0.25) is 4.90 Å². The number of hydrogen-bond acceptors (Lipinski definition) is 7. The largest absolute Gasteiger partial charge is 0.419 e. The molecule has 1 saturated heterocycles. The molecule has 1 N–H and O–H groups in total. The van der Waals surface area contributed by atoms with Crippen molar-refractivity contribution in [2.24, 2.45) is 0 Å². The minimum atomic E-state index is -4.44. The van der Waals surface area contributed by atoms with Crippen LogP contribution in [0.4, 0.5) is 24.1 Å². The van der Waals surface area contributed by atoms with E-state index in [0.29, 0.717) is 19.6 Å². The molecule has 31 heavy (non-hydrogen) atoms. The minimum Gasteiger partial charge on any atom is -0.353 e. The van der Waals surface area contributed by atoms with E-state index in [-0.39, 0.29) is 11.9 Å². The number of pyridine rings is 1. The Morgan fingerprint density at radius 3 is 2.77 bits per heavy atom. The van der Waals surface area contributed by atoms with Gasteiger partial charge in [0.1, 0.15) is 5.82 Å². The summed E-state index contributed by atoms with van der Waals surface area (Å²) in [5.41, 5.74) is 1.38. The second kappa shape index (κ2) is 8.60. The number of nitrogens with one attached hydrogen (secondary N) is 1. The first-order chi connectivity index (χ1) is 14.8. The van der Waals surface area contributed by atoms with Gasteiger partial charge in [-0.15, -0.1) is 0 Å². The van der Waals surface area contributed by atoms with Crippen molar-refractivity contribution in [3.8, 4) is 0 Å². The van der Waals surface area contributed by atoms with Crippen LogP contribution >= 0.6 is 11.3 Å². The molecular formula is C21H24F3N5OS. The normalized spacial score (nSPS) is 19.0. The Morgan fingerprint density at radius 2 is 2.06 bits per heavy atom. The molecule has 4 rings (SSSR count). The highest BCUT2D eigenvalue weighted by Crippen LogP contribution is 2.36. The van der Waals surface area contributed by atoms with Crippen LogP contribution in [-0.2, 0) is 10.9 Å². The summed E-state index contributed by atoms with van der Waals surface area (Å²) in [5.74, 6) is -0.0232. The SMILES string of the molecule is COC(Nc1nc2ccc(C)cc2s1)N1CCN(c2ncccc2C(F)(F)F)C[C@H]1C. The number of hydrogen-bond donors (Lipinski definition) is 1. The molecular weight excluding hydrogens is 427 g/mol. The third-order valence-electron chi connectivity index (χ3n) is 5.39. The molecule has 166 valence electrons. The first kappa shape index (κ1) is 21.8. The van der Waals surface area contributed by atoms with Gasteiger partial charge in [-0.05, 0) is 43.7 Å².